The van der Waals surface area contributed by atoms with Crippen molar-refractivity contribution in [3.63, 3.8) is 0 Å². The van der Waals surface area contributed by atoms with E-state index in [1.807, 2.05) is 49.4 Å². The van der Waals surface area contributed by atoms with Gasteiger partial charge in [-0.1, -0.05) is 54.1 Å². The van der Waals surface area contributed by atoms with Crippen LogP contribution in [0.5, 0.6) is 0 Å². The van der Waals surface area contributed by atoms with E-state index in [9.17, 15) is 9.59 Å². The Bertz CT molecular complexity index is 701. The molecule has 0 aliphatic heterocycles. The zero-order valence-electron chi connectivity index (χ0n) is 14.5. The summed E-state index contributed by atoms with van der Waals surface area (Å²) in [4.78, 5) is 26.5. The lowest BCUT2D eigenvalue weighted by molar-refractivity contribution is -0.139. The third-order valence-electron chi connectivity index (χ3n) is 3.97. The molecule has 0 bridgehead atoms. The summed E-state index contributed by atoms with van der Waals surface area (Å²) in [5, 5.41) is 3.48. The smallest absolute Gasteiger partial charge is 0.243 e. The number of benzene rings is 2. The maximum Gasteiger partial charge on any atom is 0.243 e. The highest BCUT2D eigenvalue weighted by Gasteiger charge is 2.28. The van der Waals surface area contributed by atoms with Crippen molar-refractivity contribution in [1.29, 1.82) is 0 Å². The van der Waals surface area contributed by atoms with Gasteiger partial charge in [-0.05, 0) is 30.2 Å². The van der Waals surface area contributed by atoms with Gasteiger partial charge in [-0.3, -0.25) is 9.59 Å². The normalized spacial score (nSPS) is 11.6. The molecule has 5 heteroatoms. The average molecular weight is 359 g/mol. The largest absolute Gasteiger partial charge is 0.355 e. The highest BCUT2D eigenvalue weighted by Crippen LogP contribution is 2.16. The maximum absolute atomic E-state index is 12.6. The number of carbonyl (C=O) groups excluding carboxylic acids is 2. The number of likely N-dealkylation sites (N-methyl/N-ethyl adjacent to an activating group) is 1. The van der Waals surface area contributed by atoms with Crippen molar-refractivity contribution in [2.75, 3.05) is 6.54 Å². The van der Waals surface area contributed by atoms with Gasteiger partial charge in [0, 0.05) is 31.5 Å². The van der Waals surface area contributed by atoms with Crippen molar-refractivity contribution in [2.24, 2.45) is 0 Å². The molecule has 0 spiro atoms. The summed E-state index contributed by atoms with van der Waals surface area (Å²) in [7, 11) is 0. The third kappa shape index (κ3) is 5.61. The van der Waals surface area contributed by atoms with Gasteiger partial charge in [-0.2, -0.15) is 0 Å². The first-order chi connectivity index (χ1) is 12.0. The van der Waals surface area contributed by atoms with Crippen LogP contribution in [0.2, 0.25) is 5.02 Å². The lowest BCUT2D eigenvalue weighted by Gasteiger charge is -2.30. The third-order valence-corrected chi connectivity index (χ3v) is 4.22. The zero-order valence-corrected chi connectivity index (χ0v) is 15.3. The molecule has 0 saturated carbocycles. The van der Waals surface area contributed by atoms with Crippen molar-refractivity contribution >= 4 is 23.4 Å². The molecular formula is C20H23ClN2O2. The Kier molecular flexibility index (Phi) is 7.02. The van der Waals surface area contributed by atoms with Crippen LogP contribution < -0.4 is 5.32 Å². The van der Waals surface area contributed by atoms with Crippen molar-refractivity contribution in [3.05, 3.63) is 70.7 Å². The second-order valence-corrected chi connectivity index (χ2v) is 6.31. The number of nitrogens with one attached hydrogen (secondary N) is 1. The summed E-state index contributed by atoms with van der Waals surface area (Å²) in [6, 6.07) is 16.5. The molecule has 4 nitrogen and oxygen atoms in total. The number of amides is 2. The lowest BCUT2D eigenvalue weighted by atomic mass is 10.0. The van der Waals surface area contributed by atoms with Crippen LogP contribution in [-0.2, 0) is 22.6 Å². The van der Waals surface area contributed by atoms with Crippen molar-refractivity contribution in [2.45, 2.75) is 32.9 Å². The van der Waals surface area contributed by atoms with Crippen molar-refractivity contribution < 1.29 is 9.59 Å². The molecule has 2 aromatic carbocycles. The summed E-state index contributed by atoms with van der Waals surface area (Å²) < 4.78 is 0. The summed E-state index contributed by atoms with van der Waals surface area (Å²) in [5.41, 5.74) is 1.95. The van der Waals surface area contributed by atoms with E-state index < -0.39 is 6.04 Å². The number of hydrogen-bond donors (Lipinski definition) is 1. The number of nitrogens with zero attached hydrogens (tertiary/aromatic N) is 1. The van der Waals surface area contributed by atoms with Crippen molar-refractivity contribution in [3.8, 4) is 0 Å². The molecule has 1 atom stereocenters. The van der Waals surface area contributed by atoms with Gasteiger partial charge >= 0.3 is 0 Å². The minimum Gasteiger partial charge on any atom is -0.355 e. The predicted molar refractivity (Wildman–Crippen MR) is 100 cm³/mol. The Morgan fingerprint density at radius 2 is 1.68 bits per heavy atom. The van der Waals surface area contributed by atoms with Gasteiger partial charge in [-0.25, -0.2) is 0 Å². The molecule has 25 heavy (non-hydrogen) atoms. The molecule has 2 amide bonds. The van der Waals surface area contributed by atoms with E-state index in [1.54, 1.807) is 17.0 Å². The molecule has 0 radical (unpaired) electrons. The van der Waals surface area contributed by atoms with Crippen LogP contribution in [0, 0.1) is 0 Å². The van der Waals surface area contributed by atoms with Crippen LogP contribution >= 0.6 is 11.6 Å². The van der Waals surface area contributed by atoms with Gasteiger partial charge in [0.1, 0.15) is 6.04 Å². The molecule has 0 aromatic heterocycles. The number of carbonyl (C=O) groups is 2. The highest BCUT2D eigenvalue weighted by molar-refractivity contribution is 6.30. The van der Waals surface area contributed by atoms with E-state index in [0.717, 1.165) is 11.1 Å². The molecule has 0 heterocycles. The first-order valence-corrected chi connectivity index (χ1v) is 8.72. The van der Waals surface area contributed by atoms with Crippen LogP contribution in [0.4, 0.5) is 0 Å². The van der Waals surface area contributed by atoms with Crippen LogP contribution in [0.25, 0.3) is 0 Å². The monoisotopic (exact) mass is 358 g/mol. The van der Waals surface area contributed by atoms with Gasteiger partial charge in [0.25, 0.3) is 0 Å². The standard InChI is InChI=1S/C20H23ClN2O2/c1-3-22-20(25)19(13-16-7-5-4-6-8-16)23(15(2)24)14-17-9-11-18(21)12-10-17/h4-12,19H,3,13-14H2,1-2H3,(H,22,25)/t19-/m1/s1. The second-order valence-electron chi connectivity index (χ2n) is 5.87. The molecule has 0 aliphatic carbocycles. The van der Waals surface area contributed by atoms with Crippen LogP contribution in [0.15, 0.2) is 54.6 Å². The van der Waals surface area contributed by atoms with E-state index in [4.69, 9.17) is 11.6 Å². The summed E-state index contributed by atoms with van der Waals surface area (Å²) in [6.45, 7) is 4.25. The van der Waals surface area contributed by atoms with Gasteiger partial charge < -0.3 is 10.2 Å². The first kappa shape index (κ1) is 19.0. The minimum atomic E-state index is -0.560. The molecule has 2 aromatic rings. The number of rotatable bonds is 7. The van der Waals surface area contributed by atoms with E-state index in [0.29, 0.717) is 24.5 Å². The van der Waals surface area contributed by atoms with Crippen LogP contribution in [0.3, 0.4) is 0 Å². The Labute approximate surface area is 153 Å². The van der Waals surface area contributed by atoms with Gasteiger partial charge in [-0.15, -0.1) is 0 Å². The number of hydrogen-bond acceptors (Lipinski definition) is 2. The summed E-state index contributed by atoms with van der Waals surface area (Å²) in [6.07, 6.45) is 0.472. The number of halogens is 1. The van der Waals surface area contributed by atoms with E-state index in [-0.39, 0.29) is 11.8 Å². The molecule has 1 N–H and O–H groups in total. The lowest BCUT2D eigenvalue weighted by Crippen LogP contribution is -2.49. The fraction of sp³-hybridized carbons (Fsp3) is 0.300. The van der Waals surface area contributed by atoms with Crippen molar-refractivity contribution in [1.82, 2.24) is 10.2 Å². The Morgan fingerprint density at radius 3 is 2.24 bits per heavy atom. The minimum absolute atomic E-state index is 0.137. The Hall–Kier alpha value is -2.33. The zero-order chi connectivity index (χ0) is 18.2. The molecule has 0 aliphatic rings. The van der Waals surface area contributed by atoms with Gasteiger partial charge in [0.2, 0.25) is 11.8 Å². The second kappa shape index (κ2) is 9.23. The van der Waals surface area contributed by atoms with E-state index >= 15 is 0 Å². The Morgan fingerprint density at radius 1 is 1.04 bits per heavy atom. The molecule has 2 rings (SSSR count). The predicted octanol–water partition coefficient (Wildman–Crippen LogP) is 3.44. The topological polar surface area (TPSA) is 49.4 Å². The molecular weight excluding hydrogens is 336 g/mol. The quantitative estimate of drug-likeness (QED) is 0.824. The fourth-order valence-electron chi connectivity index (χ4n) is 2.70. The molecule has 132 valence electrons. The summed E-state index contributed by atoms with van der Waals surface area (Å²) >= 11 is 5.93. The van der Waals surface area contributed by atoms with Gasteiger partial charge in [0.05, 0.1) is 0 Å². The average Bonchev–Trinajstić information content (AvgIpc) is 2.60. The molecule has 0 fully saturated rings. The fourth-order valence-corrected chi connectivity index (χ4v) is 2.83. The highest BCUT2D eigenvalue weighted by atomic mass is 35.5. The van der Waals surface area contributed by atoms with Crippen LogP contribution in [-0.4, -0.2) is 29.3 Å². The molecule has 0 unspecified atom stereocenters. The first-order valence-electron chi connectivity index (χ1n) is 8.34. The SMILES string of the molecule is CCNC(=O)[C@@H](Cc1ccccc1)N(Cc1ccc(Cl)cc1)C(C)=O. The Balaban J connectivity index is 2.27. The molecule has 0 saturated heterocycles. The maximum atomic E-state index is 12.6. The van der Waals surface area contributed by atoms with Gasteiger partial charge in [0.15, 0.2) is 0 Å². The summed E-state index contributed by atoms with van der Waals surface area (Å²) in [5.74, 6) is -0.280. The van der Waals surface area contributed by atoms with E-state index in [1.165, 1.54) is 6.92 Å². The van der Waals surface area contributed by atoms with E-state index in [2.05, 4.69) is 5.32 Å². The van der Waals surface area contributed by atoms with Crippen LogP contribution in [0.1, 0.15) is 25.0 Å².